The predicted octanol–water partition coefficient (Wildman–Crippen LogP) is 2.00. The van der Waals surface area contributed by atoms with E-state index in [0.717, 1.165) is 4.57 Å². The van der Waals surface area contributed by atoms with Gasteiger partial charge in [0.05, 0.1) is 19.7 Å². The molecule has 1 aliphatic rings. The van der Waals surface area contributed by atoms with Crippen molar-refractivity contribution >= 4 is 28.7 Å². The maximum Gasteiger partial charge on any atom is 0.417 e. The second-order valence-electron chi connectivity index (χ2n) is 8.69. The average Bonchev–Trinajstić information content (AvgIpc) is 3.16. The van der Waals surface area contributed by atoms with E-state index in [1.165, 1.54) is 50.3 Å². The van der Waals surface area contributed by atoms with Crippen LogP contribution in [0.1, 0.15) is 34.6 Å². The van der Waals surface area contributed by atoms with Gasteiger partial charge in [-0.1, -0.05) is 24.3 Å². The molecule has 0 bridgehead atoms. The highest BCUT2D eigenvalue weighted by Gasteiger charge is 2.41. The lowest BCUT2D eigenvalue weighted by molar-refractivity contribution is -0.536. The summed E-state index contributed by atoms with van der Waals surface area (Å²) in [5.41, 5.74) is 0.739. The summed E-state index contributed by atoms with van der Waals surface area (Å²) >= 11 is 0. The van der Waals surface area contributed by atoms with Gasteiger partial charge in [-0.05, 0) is 23.8 Å². The van der Waals surface area contributed by atoms with Crippen LogP contribution in [0, 0.1) is 0 Å². The Labute approximate surface area is 209 Å². The number of rotatable bonds is 3. The first-order valence-corrected chi connectivity index (χ1v) is 11.3. The first-order valence-electron chi connectivity index (χ1n) is 11.3. The number of pyridine rings is 1. The first-order chi connectivity index (χ1) is 17.6. The lowest BCUT2D eigenvalue weighted by atomic mass is 9.94. The molecule has 0 N–H and O–H groups in total. The van der Waals surface area contributed by atoms with E-state index < -0.39 is 23.1 Å². The molecule has 0 radical (unpaired) electrons. The fourth-order valence-corrected chi connectivity index (χ4v) is 4.93. The molecule has 0 amide bonds. The van der Waals surface area contributed by atoms with Gasteiger partial charge >= 0.3 is 23.2 Å². The minimum Gasteiger partial charge on any atom is -0.493 e. The summed E-state index contributed by atoms with van der Waals surface area (Å²) in [6.45, 7) is 2.56. The number of carbonyl (C=O) groups excluding carboxylic acids is 3. The SMILES string of the molecule is COc1cc(-c2c3c([n+](C(C)=O)c4c2c(=O)n(C)c(=O)n4C)-c2ccccc2C3=O)ccc1OC(C)=O. The van der Waals surface area contributed by atoms with Crippen LogP contribution in [0.15, 0.2) is 52.1 Å². The van der Waals surface area contributed by atoms with Gasteiger partial charge in [-0.2, -0.15) is 9.13 Å². The van der Waals surface area contributed by atoms with Crippen LogP contribution in [0.5, 0.6) is 11.5 Å². The van der Waals surface area contributed by atoms with E-state index in [-0.39, 0.29) is 39.4 Å². The second-order valence-corrected chi connectivity index (χ2v) is 8.69. The summed E-state index contributed by atoms with van der Waals surface area (Å²) in [6, 6.07) is 11.5. The van der Waals surface area contributed by atoms with Gasteiger partial charge in [0.1, 0.15) is 5.39 Å². The molecule has 0 atom stereocenters. The lowest BCUT2D eigenvalue weighted by Gasteiger charge is -2.16. The molecule has 2 aromatic carbocycles. The Morgan fingerprint density at radius 1 is 0.865 bits per heavy atom. The quantitative estimate of drug-likeness (QED) is 0.211. The van der Waals surface area contributed by atoms with Crippen LogP contribution in [0.4, 0.5) is 0 Å². The fourth-order valence-electron chi connectivity index (χ4n) is 4.93. The highest BCUT2D eigenvalue weighted by molar-refractivity contribution is 6.26. The van der Waals surface area contributed by atoms with E-state index >= 15 is 0 Å². The molecule has 2 heterocycles. The molecule has 0 saturated carbocycles. The molecule has 0 saturated heterocycles. The number of nitrogens with zero attached hydrogens (tertiary/aromatic N) is 3. The molecule has 10 nitrogen and oxygen atoms in total. The number of methoxy groups -OCH3 is 1. The molecule has 37 heavy (non-hydrogen) atoms. The third-order valence-corrected chi connectivity index (χ3v) is 6.48. The van der Waals surface area contributed by atoms with Crippen molar-refractivity contribution in [3.8, 4) is 33.9 Å². The molecule has 0 unspecified atom stereocenters. The summed E-state index contributed by atoms with van der Waals surface area (Å²) in [6.07, 6.45) is 0. The number of carbonyl (C=O) groups is 3. The van der Waals surface area contributed by atoms with Gasteiger partial charge in [0, 0.05) is 37.6 Å². The van der Waals surface area contributed by atoms with Crippen LogP contribution in [-0.2, 0) is 18.9 Å². The third kappa shape index (κ3) is 3.33. The number of benzene rings is 2. The number of hydrogen-bond acceptors (Lipinski definition) is 7. The normalized spacial score (nSPS) is 11.9. The van der Waals surface area contributed by atoms with Crippen molar-refractivity contribution in [3.05, 3.63) is 74.4 Å². The van der Waals surface area contributed by atoms with Gasteiger partial charge in [-0.3, -0.25) is 14.4 Å². The van der Waals surface area contributed by atoms with Gasteiger partial charge in [-0.15, -0.1) is 0 Å². The maximum atomic E-state index is 13.8. The maximum absolute atomic E-state index is 13.8. The Bertz CT molecular complexity index is 1830. The summed E-state index contributed by atoms with van der Waals surface area (Å²) < 4.78 is 14.0. The Kier molecular flexibility index (Phi) is 5.40. The van der Waals surface area contributed by atoms with Crippen molar-refractivity contribution in [2.24, 2.45) is 14.1 Å². The van der Waals surface area contributed by atoms with Crippen LogP contribution in [0.2, 0.25) is 0 Å². The van der Waals surface area contributed by atoms with Crippen LogP contribution < -0.4 is 25.3 Å². The van der Waals surface area contributed by atoms with Crippen molar-refractivity contribution < 1.29 is 28.4 Å². The molecule has 186 valence electrons. The molecule has 2 aromatic heterocycles. The van der Waals surface area contributed by atoms with Gasteiger partial charge < -0.3 is 9.47 Å². The summed E-state index contributed by atoms with van der Waals surface area (Å²) in [5, 5.41) is 0.0157. The van der Waals surface area contributed by atoms with Crippen molar-refractivity contribution in [2.75, 3.05) is 7.11 Å². The summed E-state index contributed by atoms with van der Waals surface area (Å²) in [7, 11) is 4.19. The average molecular weight is 500 g/mol. The largest absolute Gasteiger partial charge is 0.493 e. The fraction of sp³-hybridized carbons (Fsp3) is 0.185. The van der Waals surface area contributed by atoms with Crippen LogP contribution in [0.25, 0.3) is 33.4 Å². The third-order valence-electron chi connectivity index (χ3n) is 6.48. The molecule has 10 heteroatoms. The van der Waals surface area contributed by atoms with Crippen LogP contribution in [0.3, 0.4) is 0 Å². The smallest absolute Gasteiger partial charge is 0.417 e. The number of aryl methyl sites for hydroxylation is 1. The zero-order valence-corrected chi connectivity index (χ0v) is 20.7. The van der Waals surface area contributed by atoms with E-state index in [1.807, 2.05) is 0 Å². The minimum atomic E-state index is -0.669. The summed E-state index contributed by atoms with van der Waals surface area (Å²) in [4.78, 5) is 65.0. The number of ketones is 1. The Morgan fingerprint density at radius 3 is 2.16 bits per heavy atom. The summed E-state index contributed by atoms with van der Waals surface area (Å²) in [5.74, 6) is -1.03. The highest BCUT2D eigenvalue weighted by atomic mass is 16.6. The van der Waals surface area contributed by atoms with Crippen LogP contribution in [-0.4, -0.2) is 33.9 Å². The van der Waals surface area contributed by atoms with Gasteiger partial charge in [0.25, 0.3) is 5.56 Å². The predicted molar refractivity (Wildman–Crippen MR) is 133 cm³/mol. The Hall–Kier alpha value is -4.86. The topological polar surface area (TPSA) is 118 Å². The van der Waals surface area contributed by atoms with Crippen molar-refractivity contribution in [1.82, 2.24) is 9.13 Å². The zero-order valence-electron chi connectivity index (χ0n) is 20.7. The number of esters is 1. The van der Waals surface area contributed by atoms with Gasteiger partial charge in [0.15, 0.2) is 23.0 Å². The van der Waals surface area contributed by atoms with E-state index in [0.29, 0.717) is 22.4 Å². The molecular weight excluding hydrogens is 478 g/mol. The van der Waals surface area contributed by atoms with Crippen molar-refractivity contribution in [3.63, 3.8) is 0 Å². The number of hydrogen-bond donors (Lipinski definition) is 0. The molecule has 0 aliphatic heterocycles. The molecule has 5 rings (SSSR count). The Morgan fingerprint density at radius 2 is 1.54 bits per heavy atom. The van der Waals surface area contributed by atoms with E-state index in [2.05, 4.69) is 0 Å². The molecular formula is C27H22N3O7+. The van der Waals surface area contributed by atoms with E-state index in [4.69, 9.17) is 9.47 Å². The number of fused-ring (bicyclic) bond motifs is 4. The van der Waals surface area contributed by atoms with E-state index in [1.54, 1.807) is 36.4 Å². The van der Waals surface area contributed by atoms with Gasteiger partial charge in [-0.25, -0.2) is 14.2 Å². The standard InChI is InChI=1S/C27H22N3O7/c1-13(31)30-23-16-8-6-7-9-17(16)24(33)21(23)20(22-25(30)28(3)27(35)29(4)26(22)34)15-10-11-18(37-14(2)32)19(12-15)36-5/h6-12H,1-5H3/q+1. The van der Waals surface area contributed by atoms with Crippen molar-refractivity contribution in [1.29, 1.82) is 0 Å². The molecule has 0 fully saturated rings. The Balaban J connectivity index is 2.06. The number of aromatic nitrogens is 3. The zero-order chi connectivity index (χ0) is 26.8. The highest BCUT2D eigenvalue weighted by Crippen LogP contribution is 2.43. The second kappa shape index (κ2) is 8.37. The van der Waals surface area contributed by atoms with Gasteiger partial charge in [0.2, 0.25) is 0 Å². The molecule has 0 spiro atoms. The monoisotopic (exact) mass is 500 g/mol. The van der Waals surface area contributed by atoms with Crippen LogP contribution >= 0.6 is 0 Å². The van der Waals surface area contributed by atoms with E-state index in [9.17, 15) is 24.0 Å². The van der Waals surface area contributed by atoms with Crippen molar-refractivity contribution in [2.45, 2.75) is 13.8 Å². The molecule has 4 aromatic rings. The number of ether oxygens (including phenoxy) is 2. The molecule has 1 aliphatic carbocycles. The lowest BCUT2D eigenvalue weighted by Crippen LogP contribution is -2.50. The first kappa shape index (κ1) is 23.9. The minimum absolute atomic E-state index is 0.0157.